The molecule has 0 bridgehead atoms. The number of carbonyl (C=O) groups excluding carboxylic acids is 4. The van der Waals surface area contributed by atoms with Crippen LogP contribution in [0, 0.1) is 5.92 Å². The van der Waals surface area contributed by atoms with Crippen LogP contribution >= 0.6 is 15.6 Å². The second kappa shape index (κ2) is 70.1. The topological polar surface area (TPSA) is 237 Å². The quantitative estimate of drug-likeness (QED) is 0.0222. The van der Waals surface area contributed by atoms with Gasteiger partial charge in [0.1, 0.15) is 19.3 Å². The van der Waals surface area contributed by atoms with E-state index in [1.807, 2.05) is 0 Å². The van der Waals surface area contributed by atoms with E-state index in [9.17, 15) is 43.2 Å². The van der Waals surface area contributed by atoms with E-state index in [4.69, 9.17) is 37.0 Å². The normalized spacial score (nSPS) is 14.2. The minimum absolute atomic E-state index is 0.105. The molecule has 0 aromatic heterocycles. The molecular formula is C77H150O17P2. The zero-order chi connectivity index (χ0) is 70.5. The summed E-state index contributed by atoms with van der Waals surface area (Å²) in [5.74, 6) is -1.35. The van der Waals surface area contributed by atoms with Crippen LogP contribution in [0.3, 0.4) is 0 Å². The molecule has 0 aromatic rings. The zero-order valence-electron chi connectivity index (χ0n) is 62.5. The van der Waals surface area contributed by atoms with Gasteiger partial charge in [-0.3, -0.25) is 37.3 Å². The van der Waals surface area contributed by atoms with E-state index in [0.29, 0.717) is 25.7 Å². The van der Waals surface area contributed by atoms with Gasteiger partial charge in [-0.2, -0.15) is 0 Å². The highest BCUT2D eigenvalue weighted by Gasteiger charge is 2.30. The summed E-state index contributed by atoms with van der Waals surface area (Å²) in [6.07, 6.45) is 59.9. The number of aliphatic hydroxyl groups is 1. The van der Waals surface area contributed by atoms with E-state index >= 15 is 0 Å². The molecule has 0 aliphatic heterocycles. The van der Waals surface area contributed by atoms with Crippen LogP contribution in [0.1, 0.15) is 407 Å². The van der Waals surface area contributed by atoms with Crippen molar-refractivity contribution >= 4 is 39.5 Å². The second-order valence-electron chi connectivity index (χ2n) is 28.0. The van der Waals surface area contributed by atoms with Gasteiger partial charge in [-0.15, -0.1) is 0 Å². The minimum Gasteiger partial charge on any atom is -0.462 e. The highest BCUT2D eigenvalue weighted by atomic mass is 31.2. The fourth-order valence-electron chi connectivity index (χ4n) is 11.8. The van der Waals surface area contributed by atoms with E-state index in [1.165, 1.54) is 218 Å². The first kappa shape index (κ1) is 94.1. The molecule has 3 N–H and O–H groups in total. The average molecular weight is 1410 g/mol. The number of ether oxygens (including phenoxy) is 4. The van der Waals surface area contributed by atoms with Crippen LogP contribution in [0.5, 0.6) is 0 Å². The van der Waals surface area contributed by atoms with Gasteiger partial charge < -0.3 is 33.8 Å². The molecule has 0 aliphatic carbocycles. The van der Waals surface area contributed by atoms with Crippen LogP contribution in [0.2, 0.25) is 0 Å². The molecule has 0 aliphatic rings. The third kappa shape index (κ3) is 69.2. The van der Waals surface area contributed by atoms with Crippen molar-refractivity contribution in [3.63, 3.8) is 0 Å². The van der Waals surface area contributed by atoms with Crippen LogP contribution in [0.25, 0.3) is 0 Å². The first-order valence-electron chi connectivity index (χ1n) is 40.2. The van der Waals surface area contributed by atoms with Crippen molar-refractivity contribution in [1.29, 1.82) is 0 Å². The van der Waals surface area contributed by atoms with Gasteiger partial charge >= 0.3 is 39.5 Å². The van der Waals surface area contributed by atoms with Crippen molar-refractivity contribution in [2.45, 2.75) is 425 Å². The summed E-state index contributed by atoms with van der Waals surface area (Å²) >= 11 is 0. The Morgan fingerprint density at radius 3 is 0.740 bits per heavy atom. The Labute approximate surface area is 588 Å². The number of rotatable bonds is 77. The van der Waals surface area contributed by atoms with E-state index in [1.54, 1.807) is 0 Å². The smallest absolute Gasteiger partial charge is 0.462 e. The average Bonchev–Trinajstić information content (AvgIpc) is 1.83. The number of phosphoric acid groups is 2. The maximum Gasteiger partial charge on any atom is 0.472 e. The van der Waals surface area contributed by atoms with E-state index < -0.39 is 97.5 Å². The molecule has 0 saturated carbocycles. The summed E-state index contributed by atoms with van der Waals surface area (Å²) < 4.78 is 68.4. The van der Waals surface area contributed by atoms with Crippen molar-refractivity contribution in [3.8, 4) is 0 Å². The SMILES string of the molecule is CCCCCCCCCCCCCCCCCCCCCCC(=O)O[C@H](COC(=O)CCCCCCCCCCCCCCCCCCC)COP(=O)(O)OC[C@@H](O)COP(=O)(O)OC[C@@H](COC(=O)CCCCCCCCC)OC(=O)CCCCCCCCCCC(C)CC. The lowest BCUT2D eigenvalue weighted by Gasteiger charge is -2.21. The van der Waals surface area contributed by atoms with Gasteiger partial charge in [0.2, 0.25) is 0 Å². The largest absolute Gasteiger partial charge is 0.472 e. The molecular weight excluding hydrogens is 1260 g/mol. The Morgan fingerprint density at radius 1 is 0.292 bits per heavy atom. The highest BCUT2D eigenvalue weighted by molar-refractivity contribution is 7.47. The third-order valence-electron chi connectivity index (χ3n) is 18.4. The molecule has 17 nitrogen and oxygen atoms in total. The molecule has 0 amide bonds. The van der Waals surface area contributed by atoms with Gasteiger partial charge in [-0.1, -0.05) is 356 Å². The van der Waals surface area contributed by atoms with Gasteiger partial charge in [0.15, 0.2) is 12.2 Å². The minimum atomic E-state index is -4.96. The Hall–Kier alpha value is -1.94. The molecule has 570 valence electrons. The maximum absolute atomic E-state index is 13.1. The molecule has 0 saturated heterocycles. The Kier molecular flexibility index (Phi) is 68.7. The summed E-state index contributed by atoms with van der Waals surface area (Å²) in [6, 6.07) is 0. The van der Waals surface area contributed by atoms with Gasteiger partial charge in [0, 0.05) is 25.7 Å². The molecule has 0 heterocycles. The van der Waals surface area contributed by atoms with Gasteiger partial charge in [-0.05, 0) is 31.6 Å². The summed E-state index contributed by atoms with van der Waals surface area (Å²) in [5.41, 5.74) is 0. The van der Waals surface area contributed by atoms with Crippen LogP contribution in [-0.4, -0.2) is 96.7 Å². The molecule has 0 radical (unpaired) electrons. The number of phosphoric ester groups is 2. The molecule has 0 aromatic carbocycles. The molecule has 3 unspecified atom stereocenters. The highest BCUT2D eigenvalue weighted by Crippen LogP contribution is 2.45. The van der Waals surface area contributed by atoms with Crippen molar-refractivity contribution in [2.75, 3.05) is 39.6 Å². The third-order valence-corrected chi connectivity index (χ3v) is 20.3. The van der Waals surface area contributed by atoms with E-state index in [2.05, 4.69) is 34.6 Å². The lowest BCUT2D eigenvalue weighted by molar-refractivity contribution is -0.161. The molecule has 6 atom stereocenters. The van der Waals surface area contributed by atoms with E-state index in [0.717, 1.165) is 109 Å². The number of carbonyl (C=O) groups is 4. The fourth-order valence-corrected chi connectivity index (χ4v) is 13.4. The predicted octanol–water partition coefficient (Wildman–Crippen LogP) is 22.9. The molecule has 96 heavy (non-hydrogen) atoms. The number of esters is 4. The standard InChI is InChI=1S/C77H150O17P2/c1-6-10-13-16-19-21-23-25-27-29-30-31-33-35-37-39-41-47-52-57-62-76(81)93-73(67-88-75(80)61-56-51-46-40-38-36-34-32-28-26-24-22-20-17-14-11-7-2)69-92-96(85,86)90-65-71(78)64-89-95(83,84)91-68-72(66-87-74(79)60-55-50-44-18-15-12-8-3)94-77(82)63-58-53-48-43-42-45-49-54-59-70(5)9-4/h70-73,78H,6-69H2,1-5H3,(H,83,84)(H,85,86)/t70?,71-,72+,73+/m0/s1. The summed E-state index contributed by atoms with van der Waals surface area (Å²) in [4.78, 5) is 72.7. The zero-order valence-corrected chi connectivity index (χ0v) is 64.3. The monoisotopic (exact) mass is 1410 g/mol. The number of hydrogen-bond donors (Lipinski definition) is 3. The molecule has 0 spiro atoms. The lowest BCUT2D eigenvalue weighted by Crippen LogP contribution is -2.30. The second-order valence-corrected chi connectivity index (χ2v) is 30.9. The van der Waals surface area contributed by atoms with Gasteiger partial charge in [-0.25, -0.2) is 9.13 Å². The van der Waals surface area contributed by atoms with Crippen LogP contribution < -0.4 is 0 Å². The first-order valence-corrected chi connectivity index (χ1v) is 43.2. The van der Waals surface area contributed by atoms with Crippen molar-refractivity contribution in [1.82, 2.24) is 0 Å². The summed E-state index contributed by atoms with van der Waals surface area (Å²) in [6.45, 7) is 7.25. The van der Waals surface area contributed by atoms with Crippen molar-refractivity contribution in [2.24, 2.45) is 5.92 Å². The summed E-state index contributed by atoms with van der Waals surface area (Å²) in [7, 11) is -9.91. The maximum atomic E-state index is 13.1. The fraction of sp³-hybridized carbons (Fsp3) is 0.948. The molecule has 0 fully saturated rings. The van der Waals surface area contributed by atoms with Crippen molar-refractivity contribution in [3.05, 3.63) is 0 Å². The number of aliphatic hydroxyl groups excluding tert-OH is 1. The van der Waals surface area contributed by atoms with Crippen LogP contribution in [0.4, 0.5) is 0 Å². The molecule has 0 rings (SSSR count). The summed E-state index contributed by atoms with van der Waals surface area (Å²) in [5, 5.41) is 10.6. The predicted molar refractivity (Wildman–Crippen MR) is 391 cm³/mol. The Balaban J connectivity index is 5.18. The Bertz CT molecular complexity index is 1840. The van der Waals surface area contributed by atoms with Crippen molar-refractivity contribution < 1.29 is 80.2 Å². The van der Waals surface area contributed by atoms with Gasteiger partial charge in [0.25, 0.3) is 0 Å². The van der Waals surface area contributed by atoms with Crippen LogP contribution in [0.15, 0.2) is 0 Å². The first-order chi connectivity index (χ1) is 46.6. The van der Waals surface area contributed by atoms with Gasteiger partial charge in [0.05, 0.1) is 26.4 Å². The molecule has 19 heteroatoms. The Morgan fingerprint density at radius 2 is 0.500 bits per heavy atom. The number of unbranched alkanes of at least 4 members (excludes halogenated alkanes) is 48. The van der Waals surface area contributed by atoms with Crippen LogP contribution in [-0.2, 0) is 65.4 Å². The lowest BCUT2D eigenvalue weighted by atomic mass is 9.99. The number of hydrogen-bond acceptors (Lipinski definition) is 15. The van der Waals surface area contributed by atoms with E-state index in [-0.39, 0.29) is 25.7 Å².